The number of benzodiazepines with no additional fused rings is 1. The molecule has 1 N–H and O–H groups in total. The Balaban J connectivity index is 1.63. The maximum absolute atomic E-state index is 12.9. The van der Waals surface area contributed by atoms with Crippen molar-refractivity contribution in [2.24, 2.45) is 4.99 Å². The molecule has 6 heteroatoms. The summed E-state index contributed by atoms with van der Waals surface area (Å²) in [6, 6.07) is 24.4. The summed E-state index contributed by atoms with van der Waals surface area (Å²) in [5.41, 5.74) is 3.71. The topological polar surface area (TPSA) is 71.0 Å². The molecule has 1 aliphatic heterocycles. The van der Waals surface area contributed by atoms with Gasteiger partial charge < -0.3 is 15.0 Å². The number of amides is 2. The predicted octanol–water partition coefficient (Wildman–Crippen LogP) is 3.52. The smallest absolute Gasteiger partial charge is 0.249 e. The molecule has 3 aromatic carbocycles. The third-order valence-electron chi connectivity index (χ3n) is 4.85. The van der Waals surface area contributed by atoms with Gasteiger partial charge in [-0.3, -0.25) is 14.6 Å². The average Bonchev–Trinajstić information content (AvgIpc) is 2.92. The van der Waals surface area contributed by atoms with Crippen molar-refractivity contribution in [2.75, 3.05) is 30.4 Å². The van der Waals surface area contributed by atoms with Crippen LogP contribution in [0.3, 0.4) is 0 Å². The molecule has 150 valence electrons. The summed E-state index contributed by atoms with van der Waals surface area (Å²) < 4.78 is 5.28. The van der Waals surface area contributed by atoms with Gasteiger partial charge in [0.2, 0.25) is 11.8 Å². The summed E-state index contributed by atoms with van der Waals surface area (Å²) in [5, 5.41) is 2.83. The fraction of sp³-hybridized carbons (Fsp3) is 0.125. The van der Waals surface area contributed by atoms with Gasteiger partial charge in [0.1, 0.15) is 18.8 Å². The summed E-state index contributed by atoms with van der Waals surface area (Å²) in [6.07, 6.45) is 0. The predicted molar refractivity (Wildman–Crippen MR) is 117 cm³/mol. The minimum Gasteiger partial charge on any atom is -0.495 e. The van der Waals surface area contributed by atoms with Gasteiger partial charge in [0.25, 0.3) is 0 Å². The molecule has 0 spiro atoms. The van der Waals surface area contributed by atoms with E-state index in [0.29, 0.717) is 17.1 Å². The quantitative estimate of drug-likeness (QED) is 0.714. The standard InChI is InChI=1S/C24H21N3O3/c1-30-21-14-8-6-12-19(21)26-22(28)16-27-20-13-7-5-11-18(20)24(25-15-23(27)29)17-9-3-2-4-10-17/h2-14H,15-16H2,1H3,(H,26,28). The Bertz CT molecular complexity index is 1110. The van der Waals surface area contributed by atoms with Crippen molar-refractivity contribution in [3.63, 3.8) is 0 Å². The maximum atomic E-state index is 12.9. The minimum atomic E-state index is -0.314. The molecule has 0 unspecified atom stereocenters. The van der Waals surface area contributed by atoms with Gasteiger partial charge in [-0.2, -0.15) is 0 Å². The zero-order valence-electron chi connectivity index (χ0n) is 16.5. The van der Waals surface area contributed by atoms with Gasteiger partial charge in [0.05, 0.1) is 24.2 Å². The molecule has 0 saturated carbocycles. The first kappa shape index (κ1) is 19.4. The summed E-state index contributed by atoms with van der Waals surface area (Å²) in [7, 11) is 1.54. The van der Waals surface area contributed by atoms with E-state index in [1.807, 2.05) is 66.7 Å². The number of para-hydroxylation sites is 3. The average molecular weight is 399 g/mol. The van der Waals surface area contributed by atoms with Crippen LogP contribution in [-0.4, -0.2) is 37.7 Å². The number of rotatable bonds is 5. The third-order valence-corrected chi connectivity index (χ3v) is 4.85. The highest BCUT2D eigenvalue weighted by Gasteiger charge is 2.26. The third kappa shape index (κ3) is 3.93. The normalized spacial score (nSPS) is 13.2. The molecular weight excluding hydrogens is 378 g/mol. The first-order valence-corrected chi connectivity index (χ1v) is 9.60. The number of methoxy groups -OCH3 is 1. The zero-order valence-corrected chi connectivity index (χ0v) is 16.5. The summed E-state index contributed by atoms with van der Waals surface area (Å²) >= 11 is 0. The van der Waals surface area contributed by atoms with Crippen molar-refractivity contribution in [2.45, 2.75) is 0 Å². The number of nitrogens with zero attached hydrogens (tertiary/aromatic N) is 2. The van der Waals surface area contributed by atoms with Gasteiger partial charge >= 0.3 is 0 Å². The van der Waals surface area contributed by atoms with Gasteiger partial charge in [0, 0.05) is 11.1 Å². The number of carbonyl (C=O) groups is 2. The molecule has 3 aromatic rings. The van der Waals surface area contributed by atoms with Crippen molar-refractivity contribution in [3.8, 4) is 5.75 Å². The molecule has 0 aliphatic carbocycles. The van der Waals surface area contributed by atoms with Crippen molar-refractivity contribution in [1.29, 1.82) is 0 Å². The fourth-order valence-electron chi connectivity index (χ4n) is 3.46. The van der Waals surface area contributed by atoms with Crippen molar-refractivity contribution in [1.82, 2.24) is 0 Å². The second-order valence-corrected chi connectivity index (χ2v) is 6.78. The molecule has 0 bridgehead atoms. The second-order valence-electron chi connectivity index (χ2n) is 6.78. The Morgan fingerprint density at radius 1 is 1.00 bits per heavy atom. The van der Waals surface area contributed by atoms with E-state index in [-0.39, 0.29) is 24.9 Å². The van der Waals surface area contributed by atoms with Crippen molar-refractivity contribution >= 4 is 28.9 Å². The fourth-order valence-corrected chi connectivity index (χ4v) is 3.46. The van der Waals surface area contributed by atoms with Gasteiger partial charge in [-0.25, -0.2) is 0 Å². The van der Waals surface area contributed by atoms with E-state index in [0.717, 1.165) is 16.8 Å². The number of aliphatic imine (C=N–C) groups is 1. The molecule has 1 heterocycles. The van der Waals surface area contributed by atoms with Crippen LogP contribution in [0.15, 0.2) is 83.9 Å². The van der Waals surface area contributed by atoms with E-state index in [1.54, 1.807) is 19.2 Å². The van der Waals surface area contributed by atoms with Crippen molar-refractivity contribution in [3.05, 3.63) is 90.0 Å². The Morgan fingerprint density at radius 2 is 1.70 bits per heavy atom. The molecule has 0 saturated heterocycles. The van der Waals surface area contributed by atoms with Gasteiger partial charge in [0.15, 0.2) is 0 Å². The highest BCUT2D eigenvalue weighted by atomic mass is 16.5. The Labute approximate surface area is 174 Å². The molecule has 0 atom stereocenters. The second kappa shape index (κ2) is 8.61. The molecule has 0 fully saturated rings. The van der Waals surface area contributed by atoms with E-state index in [9.17, 15) is 9.59 Å². The van der Waals surface area contributed by atoms with E-state index >= 15 is 0 Å². The lowest BCUT2D eigenvalue weighted by atomic mass is 10.0. The van der Waals surface area contributed by atoms with Gasteiger partial charge in [-0.15, -0.1) is 0 Å². The van der Waals surface area contributed by atoms with Crippen LogP contribution in [-0.2, 0) is 9.59 Å². The number of fused-ring (bicyclic) bond motifs is 1. The summed E-state index contributed by atoms with van der Waals surface area (Å²) in [4.78, 5) is 31.7. The van der Waals surface area contributed by atoms with Crippen molar-refractivity contribution < 1.29 is 14.3 Å². The summed E-state index contributed by atoms with van der Waals surface area (Å²) in [5.74, 6) is 0.0116. The zero-order chi connectivity index (χ0) is 20.9. The number of carbonyl (C=O) groups excluding carboxylic acids is 2. The largest absolute Gasteiger partial charge is 0.495 e. The Morgan fingerprint density at radius 3 is 2.50 bits per heavy atom. The lowest BCUT2D eigenvalue weighted by Gasteiger charge is -2.22. The van der Waals surface area contributed by atoms with Crippen LogP contribution in [0.25, 0.3) is 0 Å². The SMILES string of the molecule is COc1ccccc1NC(=O)CN1C(=O)CN=C(c2ccccc2)c2ccccc21. The molecule has 6 nitrogen and oxygen atoms in total. The van der Waals surface area contributed by atoms with E-state index in [1.165, 1.54) is 4.90 Å². The van der Waals surface area contributed by atoms with E-state index in [2.05, 4.69) is 10.3 Å². The van der Waals surface area contributed by atoms with Crippen LogP contribution >= 0.6 is 0 Å². The first-order chi connectivity index (χ1) is 14.7. The lowest BCUT2D eigenvalue weighted by molar-refractivity contribution is -0.120. The van der Waals surface area contributed by atoms with E-state index < -0.39 is 0 Å². The number of ether oxygens (including phenoxy) is 1. The number of hydrogen-bond donors (Lipinski definition) is 1. The molecule has 0 aromatic heterocycles. The Hall–Kier alpha value is -3.93. The number of benzene rings is 3. The minimum absolute atomic E-state index is 0.0269. The molecule has 1 aliphatic rings. The van der Waals surface area contributed by atoms with Crippen LogP contribution in [0.2, 0.25) is 0 Å². The molecule has 2 amide bonds. The lowest BCUT2D eigenvalue weighted by Crippen LogP contribution is -2.39. The van der Waals surface area contributed by atoms with Crippen LogP contribution in [0.5, 0.6) is 5.75 Å². The van der Waals surface area contributed by atoms with Gasteiger partial charge in [-0.05, 0) is 18.2 Å². The molecular formula is C24H21N3O3. The Kier molecular flexibility index (Phi) is 5.57. The van der Waals surface area contributed by atoms with Crippen LogP contribution < -0.4 is 15.0 Å². The van der Waals surface area contributed by atoms with Crippen LogP contribution in [0, 0.1) is 0 Å². The molecule has 0 radical (unpaired) electrons. The highest BCUT2D eigenvalue weighted by Crippen LogP contribution is 2.27. The van der Waals surface area contributed by atoms with Gasteiger partial charge in [-0.1, -0.05) is 60.7 Å². The monoisotopic (exact) mass is 399 g/mol. The van der Waals surface area contributed by atoms with Crippen LogP contribution in [0.1, 0.15) is 11.1 Å². The maximum Gasteiger partial charge on any atom is 0.249 e. The number of anilines is 2. The number of nitrogens with one attached hydrogen (secondary N) is 1. The molecule has 4 rings (SSSR count). The molecule has 30 heavy (non-hydrogen) atoms. The summed E-state index contributed by atoms with van der Waals surface area (Å²) in [6.45, 7) is -0.146. The highest BCUT2D eigenvalue weighted by molar-refractivity contribution is 6.20. The van der Waals surface area contributed by atoms with Crippen LogP contribution in [0.4, 0.5) is 11.4 Å². The number of hydrogen-bond acceptors (Lipinski definition) is 4. The first-order valence-electron chi connectivity index (χ1n) is 9.60. The van der Waals surface area contributed by atoms with E-state index in [4.69, 9.17) is 4.74 Å².